The van der Waals surface area contributed by atoms with Gasteiger partial charge in [-0.3, -0.25) is 4.79 Å². The summed E-state index contributed by atoms with van der Waals surface area (Å²) in [7, 11) is 0. The molecule has 1 aliphatic rings. The van der Waals surface area contributed by atoms with Crippen LogP contribution in [0.1, 0.15) is 6.42 Å². The number of carboxylic acid groups (broad SMARTS) is 1. The van der Waals surface area contributed by atoms with E-state index in [1.807, 2.05) is 0 Å². The molecule has 5 nitrogen and oxygen atoms in total. The van der Waals surface area contributed by atoms with Crippen molar-refractivity contribution < 1.29 is 19.7 Å². The van der Waals surface area contributed by atoms with Crippen LogP contribution in [0.5, 0.6) is 0 Å². The summed E-state index contributed by atoms with van der Waals surface area (Å²) in [5, 5.41) is 20.2. The predicted octanol–water partition coefficient (Wildman–Crippen LogP) is -1.19. The Labute approximate surface area is 70.3 Å². The number of carbonyl (C=O) groups is 1. The molecule has 0 aliphatic carbocycles. The Morgan fingerprint density at radius 1 is 1.50 bits per heavy atom. The molecule has 0 spiro atoms. The zero-order valence-electron chi connectivity index (χ0n) is 6.69. The molecule has 70 valence electrons. The van der Waals surface area contributed by atoms with E-state index in [2.05, 4.69) is 5.32 Å². The van der Waals surface area contributed by atoms with Crippen LogP contribution in [0.2, 0.25) is 0 Å². The van der Waals surface area contributed by atoms with E-state index in [0.29, 0.717) is 13.1 Å². The average Bonchev–Trinajstić information content (AvgIpc) is 2.03. The number of hydrogen-bond donors (Lipinski definition) is 3. The molecule has 0 saturated carbocycles. The highest BCUT2D eigenvalue weighted by molar-refractivity contribution is 5.67. The van der Waals surface area contributed by atoms with Crippen LogP contribution < -0.4 is 5.32 Å². The minimum Gasteiger partial charge on any atom is -0.481 e. The quantitative estimate of drug-likeness (QED) is 0.502. The van der Waals surface area contributed by atoms with E-state index in [-0.39, 0.29) is 25.2 Å². The maximum absolute atomic E-state index is 10.3. The Bertz CT molecular complexity index is 161. The maximum Gasteiger partial charge on any atom is 0.306 e. The minimum atomic E-state index is -0.875. The molecule has 0 radical (unpaired) electrons. The van der Waals surface area contributed by atoms with Crippen molar-refractivity contribution in [2.24, 2.45) is 0 Å². The Morgan fingerprint density at radius 3 is 2.75 bits per heavy atom. The molecular weight excluding hydrogens is 162 g/mol. The summed E-state index contributed by atoms with van der Waals surface area (Å²) in [6.45, 7) is 1.07. The van der Waals surface area contributed by atoms with E-state index >= 15 is 0 Å². The molecule has 0 unspecified atom stereocenters. The zero-order valence-corrected chi connectivity index (χ0v) is 6.69. The van der Waals surface area contributed by atoms with Gasteiger partial charge in [0.05, 0.1) is 25.2 Å². The first-order valence-electron chi connectivity index (χ1n) is 3.91. The first-order chi connectivity index (χ1) is 5.72. The van der Waals surface area contributed by atoms with Crippen molar-refractivity contribution in [1.82, 2.24) is 5.32 Å². The largest absolute Gasteiger partial charge is 0.481 e. The van der Waals surface area contributed by atoms with Gasteiger partial charge in [-0.1, -0.05) is 0 Å². The van der Waals surface area contributed by atoms with Gasteiger partial charge in [0.25, 0.3) is 0 Å². The highest BCUT2D eigenvalue weighted by Gasteiger charge is 2.22. The van der Waals surface area contributed by atoms with E-state index in [0.717, 1.165) is 0 Å². The van der Waals surface area contributed by atoms with Gasteiger partial charge < -0.3 is 20.3 Å². The van der Waals surface area contributed by atoms with Crippen molar-refractivity contribution in [2.45, 2.75) is 18.6 Å². The zero-order chi connectivity index (χ0) is 8.97. The topological polar surface area (TPSA) is 78.8 Å². The maximum atomic E-state index is 10.3. The normalized spacial score (nSPS) is 30.1. The lowest BCUT2D eigenvalue weighted by molar-refractivity contribution is -0.143. The Morgan fingerprint density at radius 2 is 2.17 bits per heavy atom. The van der Waals surface area contributed by atoms with E-state index in [9.17, 15) is 4.79 Å². The number of aliphatic hydroxyl groups is 1. The number of carboxylic acids is 1. The van der Waals surface area contributed by atoms with Crippen molar-refractivity contribution >= 4 is 5.97 Å². The summed E-state index contributed by atoms with van der Waals surface area (Å²) in [6.07, 6.45) is -0.583. The smallest absolute Gasteiger partial charge is 0.306 e. The van der Waals surface area contributed by atoms with Crippen molar-refractivity contribution in [3.8, 4) is 0 Å². The van der Waals surface area contributed by atoms with Crippen molar-refractivity contribution in [2.75, 3.05) is 19.7 Å². The van der Waals surface area contributed by atoms with Crippen molar-refractivity contribution in [3.05, 3.63) is 0 Å². The van der Waals surface area contributed by atoms with Crippen LogP contribution in [0.15, 0.2) is 0 Å². The molecule has 1 rings (SSSR count). The molecule has 0 bridgehead atoms. The van der Waals surface area contributed by atoms with Crippen LogP contribution in [-0.2, 0) is 9.53 Å². The third-order valence-corrected chi connectivity index (χ3v) is 1.73. The third-order valence-electron chi connectivity index (χ3n) is 1.73. The van der Waals surface area contributed by atoms with E-state index in [1.165, 1.54) is 0 Å². The van der Waals surface area contributed by atoms with Gasteiger partial charge in [-0.15, -0.1) is 0 Å². The molecule has 2 atom stereocenters. The molecule has 1 heterocycles. The summed E-state index contributed by atoms with van der Waals surface area (Å²) in [5.74, 6) is -0.875. The van der Waals surface area contributed by atoms with Crippen LogP contribution >= 0.6 is 0 Å². The second-order valence-corrected chi connectivity index (χ2v) is 2.82. The monoisotopic (exact) mass is 175 g/mol. The van der Waals surface area contributed by atoms with Gasteiger partial charge in [0, 0.05) is 13.1 Å². The molecule has 1 fully saturated rings. The fraction of sp³-hybridized carbons (Fsp3) is 0.857. The van der Waals surface area contributed by atoms with Gasteiger partial charge in [-0.2, -0.15) is 0 Å². The van der Waals surface area contributed by atoms with Crippen molar-refractivity contribution in [1.29, 1.82) is 0 Å². The molecule has 1 aliphatic heterocycles. The van der Waals surface area contributed by atoms with Gasteiger partial charge >= 0.3 is 5.97 Å². The summed E-state index contributed by atoms with van der Waals surface area (Å²) in [5.41, 5.74) is 0. The molecule has 0 amide bonds. The first-order valence-corrected chi connectivity index (χ1v) is 3.91. The van der Waals surface area contributed by atoms with Gasteiger partial charge in [0.1, 0.15) is 0 Å². The average molecular weight is 175 g/mol. The highest BCUT2D eigenvalue weighted by Crippen LogP contribution is 2.06. The summed E-state index contributed by atoms with van der Waals surface area (Å²) in [4.78, 5) is 10.3. The molecule has 0 aromatic heterocycles. The molecule has 0 aromatic rings. The Balaban J connectivity index is 2.30. The summed E-state index contributed by atoms with van der Waals surface area (Å²) >= 11 is 0. The lowest BCUT2D eigenvalue weighted by Crippen LogP contribution is -2.46. The standard InChI is InChI=1S/C7H13NO4/c9-4-6-3-8-2-5(12-6)1-7(10)11/h5-6,8-9H,1-4H2,(H,10,11)/t5-,6-/m0/s1. The lowest BCUT2D eigenvalue weighted by atomic mass is 10.2. The molecule has 0 aromatic carbocycles. The summed E-state index contributed by atoms with van der Waals surface area (Å²) in [6, 6.07) is 0. The Hall–Kier alpha value is -0.650. The van der Waals surface area contributed by atoms with E-state index in [4.69, 9.17) is 14.9 Å². The predicted molar refractivity (Wildman–Crippen MR) is 40.9 cm³/mol. The number of ether oxygens (including phenoxy) is 1. The lowest BCUT2D eigenvalue weighted by Gasteiger charge is -2.28. The number of aliphatic hydroxyl groups excluding tert-OH is 1. The Kier molecular flexibility index (Phi) is 3.46. The molecule has 3 N–H and O–H groups in total. The summed E-state index contributed by atoms with van der Waals surface area (Å²) < 4.78 is 5.25. The van der Waals surface area contributed by atoms with Gasteiger partial charge in [0.2, 0.25) is 0 Å². The molecule has 1 saturated heterocycles. The van der Waals surface area contributed by atoms with Crippen molar-refractivity contribution in [3.63, 3.8) is 0 Å². The number of aliphatic carboxylic acids is 1. The van der Waals surface area contributed by atoms with E-state index in [1.54, 1.807) is 0 Å². The van der Waals surface area contributed by atoms with Crippen LogP contribution in [-0.4, -0.2) is 48.1 Å². The van der Waals surface area contributed by atoms with Crippen LogP contribution in [0.3, 0.4) is 0 Å². The van der Waals surface area contributed by atoms with Gasteiger partial charge in [-0.25, -0.2) is 0 Å². The minimum absolute atomic E-state index is 0.0104. The number of rotatable bonds is 3. The van der Waals surface area contributed by atoms with Crippen LogP contribution in [0, 0.1) is 0 Å². The highest BCUT2D eigenvalue weighted by atomic mass is 16.5. The van der Waals surface area contributed by atoms with E-state index < -0.39 is 5.97 Å². The fourth-order valence-electron chi connectivity index (χ4n) is 1.20. The second kappa shape index (κ2) is 4.39. The van der Waals surface area contributed by atoms with Crippen LogP contribution in [0.25, 0.3) is 0 Å². The van der Waals surface area contributed by atoms with Gasteiger partial charge in [0.15, 0.2) is 0 Å². The molecule has 5 heteroatoms. The molecule has 12 heavy (non-hydrogen) atoms. The van der Waals surface area contributed by atoms with Crippen LogP contribution in [0.4, 0.5) is 0 Å². The molecular formula is C7H13NO4. The van der Waals surface area contributed by atoms with Gasteiger partial charge in [-0.05, 0) is 0 Å². The third kappa shape index (κ3) is 2.77. The number of morpholine rings is 1. The SMILES string of the molecule is O=C(O)C[C@H]1CNC[C@@H](CO)O1. The second-order valence-electron chi connectivity index (χ2n) is 2.82. The number of nitrogens with one attached hydrogen (secondary N) is 1. The number of hydrogen-bond acceptors (Lipinski definition) is 4. The first kappa shape index (κ1) is 9.44. The fourth-order valence-corrected chi connectivity index (χ4v) is 1.20.